The standard InChI is InChI=1S/C28H28N2O8/c1-15-12-17(13-22(34)24(15)26(35)25-20(32)4-2-5-21(25)33)28(37)38-23-6-3-11-29-14-19(23)30-27(36)16-7-9-18(31)10-8-16/h2,4-5,7-10,12-13,19,23,29,31-34H,3,6,11,14H2,1H3,(H,30,36)/t19-,23-/m0/s1. The fourth-order valence-corrected chi connectivity index (χ4v) is 4.44. The smallest absolute Gasteiger partial charge is 0.338 e. The van der Waals surface area contributed by atoms with E-state index in [9.17, 15) is 34.8 Å². The SMILES string of the molecule is Cc1cc(C(=O)O[C@H]2CCCNC[C@@H]2NC(=O)c2ccc(O)cc2)cc(O)c1C(=O)c1c(O)cccc1O. The maximum atomic E-state index is 13.1. The zero-order valence-electron chi connectivity index (χ0n) is 20.6. The van der Waals surface area contributed by atoms with Crippen molar-refractivity contribution in [2.24, 2.45) is 0 Å². The molecular formula is C28H28N2O8. The van der Waals surface area contributed by atoms with Gasteiger partial charge >= 0.3 is 5.97 Å². The second-order valence-electron chi connectivity index (χ2n) is 9.10. The van der Waals surface area contributed by atoms with Crippen LogP contribution in [0.3, 0.4) is 0 Å². The summed E-state index contributed by atoms with van der Waals surface area (Å²) in [5.74, 6) is -3.30. The normalized spacial score (nSPS) is 17.3. The van der Waals surface area contributed by atoms with Gasteiger partial charge in [-0.1, -0.05) is 6.07 Å². The fraction of sp³-hybridized carbons (Fsp3) is 0.250. The average Bonchev–Trinajstić information content (AvgIpc) is 3.08. The van der Waals surface area contributed by atoms with Gasteiger partial charge in [-0.2, -0.15) is 0 Å². The molecule has 0 unspecified atom stereocenters. The first-order valence-electron chi connectivity index (χ1n) is 12.1. The Morgan fingerprint density at radius 3 is 2.24 bits per heavy atom. The van der Waals surface area contributed by atoms with Crippen LogP contribution in [0.15, 0.2) is 54.6 Å². The molecule has 10 nitrogen and oxygen atoms in total. The number of ketones is 1. The summed E-state index contributed by atoms with van der Waals surface area (Å²) in [5.41, 5.74) is 0.0482. The van der Waals surface area contributed by atoms with E-state index in [-0.39, 0.29) is 33.9 Å². The molecule has 1 aliphatic heterocycles. The van der Waals surface area contributed by atoms with Crippen LogP contribution in [-0.2, 0) is 4.74 Å². The van der Waals surface area contributed by atoms with Crippen LogP contribution in [0.2, 0.25) is 0 Å². The van der Waals surface area contributed by atoms with Crippen LogP contribution in [0.5, 0.6) is 23.0 Å². The molecule has 2 atom stereocenters. The Morgan fingerprint density at radius 2 is 1.58 bits per heavy atom. The third-order valence-corrected chi connectivity index (χ3v) is 6.38. The van der Waals surface area contributed by atoms with Gasteiger partial charge in [-0.05, 0) is 80.4 Å². The lowest BCUT2D eigenvalue weighted by Gasteiger charge is -2.26. The van der Waals surface area contributed by atoms with Crippen molar-refractivity contribution in [3.8, 4) is 23.0 Å². The van der Waals surface area contributed by atoms with E-state index in [1.165, 1.54) is 55.5 Å². The summed E-state index contributed by atoms with van der Waals surface area (Å²) in [6, 6.07) is 11.6. The van der Waals surface area contributed by atoms with Crippen LogP contribution in [-0.4, -0.2) is 63.3 Å². The number of benzene rings is 3. The Hall–Kier alpha value is -4.57. The van der Waals surface area contributed by atoms with Crippen molar-refractivity contribution in [2.45, 2.75) is 31.9 Å². The lowest BCUT2D eigenvalue weighted by molar-refractivity contribution is 0.0191. The van der Waals surface area contributed by atoms with Crippen molar-refractivity contribution in [3.63, 3.8) is 0 Å². The van der Waals surface area contributed by atoms with E-state index in [1.807, 2.05) is 0 Å². The van der Waals surface area contributed by atoms with Crippen molar-refractivity contribution in [3.05, 3.63) is 82.4 Å². The van der Waals surface area contributed by atoms with E-state index < -0.39 is 41.1 Å². The van der Waals surface area contributed by atoms with E-state index in [1.54, 1.807) is 0 Å². The molecule has 1 heterocycles. The molecule has 0 aromatic heterocycles. The van der Waals surface area contributed by atoms with Crippen molar-refractivity contribution >= 4 is 17.7 Å². The van der Waals surface area contributed by atoms with Crippen molar-refractivity contribution in [1.29, 1.82) is 0 Å². The minimum absolute atomic E-state index is 0.00104. The van der Waals surface area contributed by atoms with Gasteiger partial charge in [0.25, 0.3) is 5.91 Å². The van der Waals surface area contributed by atoms with Crippen LogP contribution in [0, 0.1) is 6.92 Å². The van der Waals surface area contributed by atoms with E-state index in [2.05, 4.69) is 10.6 Å². The molecule has 1 fully saturated rings. The van der Waals surface area contributed by atoms with Crippen molar-refractivity contribution < 1.29 is 39.5 Å². The Labute approximate surface area is 218 Å². The number of hydrogen-bond donors (Lipinski definition) is 6. The maximum Gasteiger partial charge on any atom is 0.338 e. The third-order valence-electron chi connectivity index (χ3n) is 6.38. The summed E-state index contributed by atoms with van der Waals surface area (Å²) in [4.78, 5) is 38.8. The zero-order valence-corrected chi connectivity index (χ0v) is 20.6. The highest BCUT2D eigenvalue weighted by atomic mass is 16.5. The molecule has 6 N–H and O–H groups in total. The topological polar surface area (TPSA) is 165 Å². The molecule has 4 rings (SSSR count). The minimum Gasteiger partial charge on any atom is -0.508 e. The highest BCUT2D eigenvalue weighted by Gasteiger charge is 2.30. The molecule has 0 bridgehead atoms. The Balaban J connectivity index is 1.53. The van der Waals surface area contributed by atoms with Gasteiger partial charge in [0.15, 0.2) is 0 Å². The number of rotatable bonds is 6. The van der Waals surface area contributed by atoms with Gasteiger partial charge in [0.05, 0.1) is 17.2 Å². The molecule has 3 aromatic carbocycles. The maximum absolute atomic E-state index is 13.1. The van der Waals surface area contributed by atoms with Gasteiger partial charge in [-0.25, -0.2) is 4.79 Å². The molecule has 3 aromatic rings. The molecule has 0 saturated carbocycles. The first kappa shape index (κ1) is 26.5. The fourth-order valence-electron chi connectivity index (χ4n) is 4.44. The Kier molecular flexibility index (Phi) is 7.82. The summed E-state index contributed by atoms with van der Waals surface area (Å²) in [5, 5.41) is 46.2. The summed E-state index contributed by atoms with van der Waals surface area (Å²) in [6.45, 7) is 2.55. The summed E-state index contributed by atoms with van der Waals surface area (Å²) >= 11 is 0. The highest BCUT2D eigenvalue weighted by Crippen LogP contribution is 2.33. The number of nitrogens with one attached hydrogen (secondary N) is 2. The summed E-state index contributed by atoms with van der Waals surface area (Å²) < 4.78 is 5.75. The lowest BCUT2D eigenvalue weighted by atomic mass is 9.95. The summed E-state index contributed by atoms with van der Waals surface area (Å²) in [7, 11) is 0. The number of hydrogen-bond acceptors (Lipinski definition) is 9. The molecule has 1 aliphatic rings. The van der Waals surface area contributed by atoms with E-state index >= 15 is 0 Å². The number of aromatic hydroxyl groups is 4. The van der Waals surface area contributed by atoms with Crippen LogP contribution in [0.1, 0.15) is 55.0 Å². The van der Waals surface area contributed by atoms with Gasteiger partial charge in [-0.15, -0.1) is 0 Å². The van der Waals surface area contributed by atoms with Crippen molar-refractivity contribution in [1.82, 2.24) is 10.6 Å². The first-order chi connectivity index (χ1) is 18.2. The Morgan fingerprint density at radius 1 is 0.895 bits per heavy atom. The van der Waals surface area contributed by atoms with E-state index in [0.29, 0.717) is 31.5 Å². The van der Waals surface area contributed by atoms with E-state index in [0.717, 1.165) is 6.07 Å². The second kappa shape index (κ2) is 11.2. The molecule has 38 heavy (non-hydrogen) atoms. The number of phenolic OH excluding ortho intramolecular Hbond substituents is 4. The molecule has 1 saturated heterocycles. The summed E-state index contributed by atoms with van der Waals surface area (Å²) in [6.07, 6.45) is 0.513. The monoisotopic (exact) mass is 520 g/mol. The minimum atomic E-state index is -0.803. The third kappa shape index (κ3) is 5.70. The number of esters is 1. The number of aryl methyl sites for hydroxylation is 1. The van der Waals surface area contributed by atoms with Crippen LogP contribution < -0.4 is 10.6 Å². The Bertz CT molecular complexity index is 1330. The average molecular weight is 521 g/mol. The van der Waals surface area contributed by atoms with Crippen LogP contribution in [0.4, 0.5) is 0 Å². The molecule has 10 heteroatoms. The molecule has 0 spiro atoms. The quantitative estimate of drug-likeness (QED) is 0.212. The number of carbonyl (C=O) groups excluding carboxylic acids is 3. The number of carbonyl (C=O) groups is 3. The predicted octanol–water partition coefficient (Wildman–Crippen LogP) is 2.76. The lowest BCUT2D eigenvalue weighted by Crippen LogP contribution is -2.49. The first-order valence-corrected chi connectivity index (χ1v) is 12.1. The second-order valence-corrected chi connectivity index (χ2v) is 9.10. The largest absolute Gasteiger partial charge is 0.508 e. The van der Waals surface area contributed by atoms with Gasteiger partial charge in [0, 0.05) is 12.1 Å². The predicted molar refractivity (Wildman–Crippen MR) is 137 cm³/mol. The van der Waals surface area contributed by atoms with Crippen LogP contribution in [0.25, 0.3) is 0 Å². The number of amides is 1. The molecular weight excluding hydrogens is 492 g/mol. The highest BCUT2D eigenvalue weighted by molar-refractivity contribution is 6.15. The molecule has 0 radical (unpaired) electrons. The molecule has 1 amide bonds. The molecule has 0 aliphatic carbocycles. The molecule has 198 valence electrons. The van der Waals surface area contributed by atoms with Crippen molar-refractivity contribution in [2.75, 3.05) is 13.1 Å². The zero-order chi connectivity index (χ0) is 27.4. The van der Waals surface area contributed by atoms with Gasteiger partial charge < -0.3 is 35.8 Å². The van der Waals surface area contributed by atoms with Gasteiger partial charge in [0.1, 0.15) is 34.7 Å². The number of ether oxygens (including phenoxy) is 1. The van der Waals surface area contributed by atoms with Gasteiger partial charge in [-0.3, -0.25) is 9.59 Å². The number of phenols is 4. The van der Waals surface area contributed by atoms with Crippen LogP contribution >= 0.6 is 0 Å². The van der Waals surface area contributed by atoms with Gasteiger partial charge in [0.2, 0.25) is 5.78 Å². The van der Waals surface area contributed by atoms with E-state index in [4.69, 9.17) is 4.74 Å².